The zero-order chi connectivity index (χ0) is 39.1. The Labute approximate surface area is 341 Å². The van der Waals surface area contributed by atoms with E-state index in [4.69, 9.17) is 4.98 Å². The largest absolute Gasteiger partial charge is 0.308 e. The molecule has 1 unspecified atom stereocenters. The predicted molar refractivity (Wildman–Crippen MR) is 248 cm³/mol. The summed E-state index contributed by atoms with van der Waals surface area (Å²) < 4.78 is 19.1. The van der Waals surface area contributed by atoms with Gasteiger partial charge in [0.25, 0.3) is 0 Å². The first-order valence-corrected chi connectivity index (χ1v) is 21.8. The summed E-state index contributed by atoms with van der Waals surface area (Å²) in [5, 5.41) is 9.32. The number of aromatic nitrogens is 2. The molecule has 0 bridgehead atoms. The predicted octanol–water partition coefficient (Wildman–Crippen LogP) is 13.1. The van der Waals surface area contributed by atoms with Crippen molar-refractivity contribution in [2.24, 2.45) is 0 Å². The quantitative estimate of drug-likeness (QED) is 0.129. The lowest BCUT2D eigenvalue weighted by molar-refractivity contribution is 0.592. The zero-order valence-electron chi connectivity index (χ0n) is 32.0. The van der Waals surface area contributed by atoms with Crippen LogP contribution in [-0.2, 0) is 4.57 Å². The molecule has 1 aromatic heterocycles. The molecule has 0 saturated heterocycles. The van der Waals surface area contributed by atoms with E-state index < -0.39 is 7.14 Å². The number of imidazole rings is 1. The molecule has 11 aromatic rings. The third-order valence-electron chi connectivity index (χ3n) is 12.2. The van der Waals surface area contributed by atoms with Crippen LogP contribution in [0.5, 0.6) is 0 Å². The third-order valence-corrected chi connectivity index (χ3v) is 15.3. The van der Waals surface area contributed by atoms with Gasteiger partial charge in [-0.3, -0.25) is 4.57 Å². The molecule has 0 fully saturated rings. The van der Waals surface area contributed by atoms with Gasteiger partial charge in [0, 0.05) is 16.2 Å². The Morgan fingerprint density at radius 1 is 0.424 bits per heavy atom. The van der Waals surface area contributed by atoms with Gasteiger partial charge < -0.3 is 4.57 Å². The molecule has 1 aliphatic heterocycles. The van der Waals surface area contributed by atoms with Crippen LogP contribution in [0.4, 0.5) is 0 Å². The molecule has 0 aliphatic carbocycles. The van der Waals surface area contributed by atoms with E-state index in [1.165, 1.54) is 22.1 Å². The SMILES string of the molecule is O=P1(c2ccccc2)c2c(-c3c4ccccc4c(-c4ccc(-c5ccccc5)cc4)c4ccccc34)cccc2-n2c(-c3ccc4ccccc4c3)nc3cccc1c32. The second kappa shape index (κ2) is 13.1. The minimum Gasteiger partial charge on any atom is -0.308 e. The Bertz CT molecular complexity index is 3460. The van der Waals surface area contributed by atoms with E-state index in [0.717, 1.165) is 87.6 Å². The van der Waals surface area contributed by atoms with Gasteiger partial charge in [0.1, 0.15) is 5.82 Å². The maximum atomic E-state index is 16.8. The van der Waals surface area contributed by atoms with Crippen LogP contribution in [0.25, 0.3) is 93.8 Å². The van der Waals surface area contributed by atoms with Crippen molar-refractivity contribution in [2.45, 2.75) is 0 Å². The van der Waals surface area contributed by atoms with Crippen LogP contribution in [0.1, 0.15) is 0 Å². The summed E-state index contributed by atoms with van der Waals surface area (Å²) >= 11 is 0. The van der Waals surface area contributed by atoms with Gasteiger partial charge in [0.05, 0.1) is 22.0 Å². The van der Waals surface area contributed by atoms with E-state index in [0.29, 0.717) is 0 Å². The number of para-hydroxylation sites is 1. The third kappa shape index (κ3) is 5.02. The van der Waals surface area contributed by atoms with Gasteiger partial charge in [-0.05, 0) is 90.0 Å². The summed E-state index contributed by atoms with van der Waals surface area (Å²) in [7, 11) is -3.51. The molecule has 0 radical (unpaired) electrons. The molecule has 12 rings (SSSR count). The van der Waals surface area contributed by atoms with E-state index in [-0.39, 0.29) is 0 Å². The Balaban J connectivity index is 1.18. The number of hydrogen-bond donors (Lipinski definition) is 0. The first-order valence-electron chi connectivity index (χ1n) is 20.1. The van der Waals surface area contributed by atoms with Crippen LogP contribution in [-0.4, -0.2) is 9.55 Å². The average molecular weight is 771 g/mol. The summed E-state index contributed by atoms with van der Waals surface area (Å²) in [6, 6.07) is 74.6. The van der Waals surface area contributed by atoms with Crippen LogP contribution in [0.15, 0.2) is 212 Å². The first-order chi connectivity index (χ1) is 29.2. The van der Waals surface area contributed by atoms with E-state index >= 15 is 4.57 Å². The lowest BCUT2D eigenvalue weighted by Crippen LogP contribution is -2.34. The van der Waals surface area contributed by atoms with Crippen LogP contribution in [0.3, 0.4) is 0 Å². The molecular formula is C55H35N2OP. The summed E-state index contributed by atoms with van der Waals surface area (Å²) in [6.45, 7) is 0. The molecule has 59 heavy (non-hydrogen) atoms. The molecule has 0 spiro atoms. The fraction of sp³-hybridized carbons (Fsp3) is 0. The van der Waals surface area contributed by atoms with E-state index in [9.17, 15) is 0 Å². The highest BCUT2D eigenvalue weighted by atomic mass is 31.2. The monoisotopic (exact) mass is 770 g/mol. The fourth-order valence-corrected chi connectivity index (χ4v) is 12.8. The highest BCUT2D eigenvalue weighted by Crippen LogP contribution is 2.54. The topological polar surface area (TPSA) is 34.9 Å². The maximum Gasteiger partial charge on any atom is 0.175 e. The van der Waals surface area contributed by atoms with Gasteiger partial charge in [-0.15, -0.1) is 0 Å². The lowest BCUT2D eigenvalue weighted by Gasteiger charge is -2.32. The second-order valence-corrected chi connectivity index (χ2v) is 18.0. The smallest absolute Gasteiger partial charge is 0.175 e. The van der Waals surface area contributed by atoms with Crippen molar-refractivity contribution >= 4 is 66.4 Å². The lowest BCUT2D eigenvalue weighted by atomic mass is 9.85. The summed E-state index contributed by atoms with van der Waals surface area (Å²) in [5.74, 6) is 0.833. The number of rotatable bonds is 5. The second-order valence-electron chi connectivity index (χ2n) is 15.4. The zero-order valence-corrected chi connectivity index (χ0v) is 32.9. The molecule has 3 nitrogen and oxygen atoms in total. The van der Waals surface area contributed by atoms with Crippen molar-refractivity contribution in [1.29, 1.82) is 0 Å². The summed E-state index contributed by atoms with van der Waals surface area (Å²) in [6.07, 6.45) is 0. The van der Waals surface area contributed by atoms with Crippen molar-refractivity contribution in [3.05, 3.63) is 212 Å². The van der Waals surface area contributed by atoms with Gasteiger partial charge >= 0.3 is 0 Å². The van der Waals surface area contributed by atoms with Gasteiger partial charge in [-0.25, -0.2) is 4.98 Å². The molecule has 0 N–H and O–H groups in total. The minimum absolute atomic E-state index is 0.810. The Kier molecular flexibility index (Phi) is 7.51. The van der Waals surface area contributed by atoms with E-state index in [2.05, 4.69) is 180 Å². The average Bonchev–Trinajstić information content (AvgIpc) is 3.71. The standard InChI is InChI=1S/C55H35N2OP/c58-59(42-19-5-2-6-20-42)50-28-14-26-48-53(50)57(55(56-48)41-34-31-37-17-7-8-18-40(37)35-41)49-27-13-25-47(54(49)59)52-45-23-11-9-21-43(45)51(44-22-10-12-24-46(44)52)39-32-29-38(30-33-39)36-15-3-1-4-16-36/h1-35H. The molecule has 4 heteroatoms. The van der Waals surface area contributed by atoms with E-state index in [1.807, 2.05) is 36.4 Å². The molecule has 1 aliphatic rings. The van der Waals surface area contributed by atoms with Crippen molar-refractivity contribution in [1.82, 2.24) is 9.55 Å². The van der Waals surface area contributed by atoms with Crippen LogP contribution in [0, 0.1) is 0 Å². The van der Waals surface area contributed by atoms with Gasteiger partial charge in [0.2, 0.25) is 0 Å². The van der Waals surface area contributed by atoms with Gasteiger partial charge in [-0.2, -0.15) is 0 Å². The van der Waals surface area contributed by atoms with Crippen molar-refractivity contribution in [2.75, 3.05) is 0 Å². The first kappa shape index (κ1) is 33.8. The Hall–Kier alpha value is -7.32. The molecule has 1 atom stereocenters. The van der Waals surface area contributed by atoms with Gasteiger partial charge in [0.15, 0.2) is 7.14 Å². The highest BCUT2D eigenvalue weighted by Gasteiger charge is 2.42. The molecule has 276 valence electrons. The van der Waals surface area contributed by atoms with Crippen molar-refractivity contribution in [3.63, 3.8) is 0 Å². The molecular weight excluding hydrogens is 736 g/mol. The van der Waals surface area contributed by atoms with Crippen molar-refractivity contribution < 1.29 is 4.57 Å². The molecule has 0 amide bonds. The minimum atomic E-state index is -3.51. The Morgan fingerprint density at radius 3 is 1.69 bits per heavy atom. The van der Waals surface area contributed by atoms with Crippen molar-refractivity contribution in [3.8, 4) is 50.5 Å². The van der Waals surface area contributed by atoms with E-state index in [1.54, 1.807) is 0 Å². The number of benzene rings is 10. The Morgan fingerprint density at radius 2 is 0.983 bits per heavy atom. The van der Waals surface area contributed by atoms with Crippen LogP contribution >= 0.6 is 7.14 Å². The molecule has 0 saturated carbocycles. The normalized spacial score (nSPS) is 14.6. The van der Waals surface area contributed by atoms with Gasteiger partial charge in [-0.1, -0.05) is 188 Å². The number of fused-ring (bicyclic) bond motifs is 5. The summed E-state index contributed by atoms with van der Waals surface area (Å²) in [4.78, 5) is 5.33. The molecule has 2 heterocycles. The fourth-order valence-electron chi connectivity index (χ4n) is 9.58. The number of hydrogen-bond acceptors (Lipinski definition) is 2. The van der Waals surface area contributed by atoms with Crippen LogP contribution in [0.2, 0.25) is 0 Å². The summed E-state index contributed by atoms with van der Waals surface area (Å²) in [5.41, 5.74) is 10.4. The maximum absolute atomic E-state index is 16.8. The highest BCUT2D eigenvalue weighted by molar-refractivity contribution is 7.86. The molecule has 10 aromatic carbocycles. The number of nitrogens with zero attached hydrogens (tertiary/aromatic N) is 2. The van der Waals surface area contributed by atoms with Crippen LogP contribution < -0.4 is 15.9 Å².